The van der Waals surface area contributed by atoms with Gasteiger partial charge in [0, 0.05) is 0 Å². The Hall–Kier alpha value is -0.550. The highest BCUT2D eigenvalue weighted by molar-refractivity contribution is 5.04. The normalized spacial score (nSPS) is 33.2. The van der Waals surface area contributed by atoms with Gasteiger partial charge in [-0.3, -0.25) is 0 Å². The van der Waals surface area contributed by atoms with Crippen LogP contribution in [0.15, 0.2) is 0 Å². The van der Waals surface area contributed by atoms with Crippen molar-refractivity contribution in [2.75, 3.05) is 0 Å². The lowest BCUT2D eigenvalue weighted by Gasteiger charge is -2.24. The second kappa shape index (κ2) is 2.22. The van der Waals surface area contributed by atoms with Crippen molar-refractivity contribution < 1.29 is 4.74 Å². The summed E-state index contributed by atoms with van der Waals surface area (Å²) in [7, 11) is 0. The molecular formula is C9H15NO. The molecule has 0 radical (unpaired) electrons. The highest BCUT2D eigenvalue weighted by Crippen LogP contribution is 2.41. The lowest BCUT2D eigenvalue weighted by Crippen LogP contribution is -2.28. The molecule has 0 unspecified atom stereocenters. The molecule has 0 aliphatic carbocycles. The second-order valence-electron chi connectivity index (χ2n) is 4.35. The van der Waals surface area contributed by atoms with E-state index in [1.807, 2.05) is 27.7 Å². The highest BCUT2D eigenvalue weighted by Gasteiger charge is 2.45. The molecule has 1 heterocycles. The van der Waals surface area contributed by atoms with Gasteiger partial charge in [-0.1, -0.05) is 0 Å². The number of rotatable bonds is 0. The Morgan fingerprint density at radius 3 is 2.09 bits per heavy atom. The maximum absolute atomic E-state index is 8.80. The Morgan fingerprint density at radius 2 is 1.91 bits per heavy atom. The topological polar surface area (TPSA) is 33.0 Å². The molecule has 2 heteroatoms. The van der Waals surface area contributed by atoms with Crippen LogP contribution in [0.2, 0.25) is 0 Å². The van der Waals surface area contributed by atoms with E-state index in [1.165, 1.54) is 0 Å². The summed E-state index contributed by atoms with van der Waals surface area (Å²) in [5.74, 6) is 0.0394. The number of ether oxygens (including phenoxy) is 1. The van der Waals surface area contributed by atoms with Gasteiger partial charge in [-0.25, -0.2) is 0 Å². The minimum atomic E-state index is -0.266. The molecule has 0 N–H and O–H groups in total. The zero-order valence-electron chi connectivity index (χ0n) is 7.64. The summed E-state index contributed by atoms with van der Waals surface area (Å²) < 4.78 is 5.72. The molecule has 0 aromatic carbocycles. The smallest absolute Gasteiger partial charge is 0.0792 e. The number of nitrogens with zero attached hydrogens (tertiary/aromatic N) is 1. The van der Waals surface area contributed by atoms with Gasteiger partial charge in [0.2, 0.25) is 0 Å². The predicted octanol–water partition coefficient (Wildman–Crippen LogP) is 2.10. The van der Waals surface area contributed by atoms with E-state index in [0.717, 1.165) is 6.42 Å². The fraction of sp³-hybridized carbons (Fsp3) is 0.889. The van der Waals surface area contributed by atoms with E-state index in [1.54, 1.807) is 0 Å². The molecule has 1 aliphatic heterocycles. The van der Waals surface area contributed by atoms with Crippen LogP contribution in [0.1, 0.15) is 34.1 Å². The van der Waals surface area contributed by atoms with E-state index in [9.17, 15) is 0 Å². The van der Waals surface area contributed by atoms with Crippen LogP contribution in [0.5, 0.6) is 0 Å². The van der Waals surface area contributed by atoms with Gasteiger partial charge in [0.15, 0.2) is 0 Å². The van der Waals surface area contributed by atoms with Crippen molar-refractivity contribution in [2.24, 2.45) is 5.92 Å². The quantitative estimate of drug-likeness (QED) is 0.534. The van der Waals surface area contributed by atoms with Gasteiger partial charge in [0.25, 0.3) is 0 Å². The van der Waals surface area contributed by atoms with E-state index < -0.39 is 0 Å². The molecule has 0 saturated carbocycles. The molecule has 1 fully saturated rings. The van der Waals surface area contributed by atoms with Crippen LogP contribution in [0.3, 0.4) is 0 Å². The van der Waals surface area contributed by atoms with E-state index in [4.69, 9.17) is 10.00 Å². The maximum Gasteiger partial charge on any atom is 0.0792 e. The molecule has 1 atom stereocenters. The van der Waals surface area contributed by atoms with Crippen molar-refractivity contribution in [2.45, 2.75) is 45.3 Å². The fourth-order valence-corrected chi connectivity index (χ4v) is 1.76. The first-order chi connectivity index (χ1) is 4.87. The van der Waals surface area contributed by atoms with Crippen LogP contribution in [0.25, 0.3) is 0 Å². The third-order valence-electron chi connectivity index (χ3n) is 2.23. The largest absolute Gasteiger partial charge is 0.368 e. The number of hydrogen-bond acceptors (Lipinski definition) is 2. The minimum Gasteiger partial charge on any atom is -0.368 e. The van der Waals surface area contributed by atoms with Gasteiger partial charge in [0.05, 0.1) is 23.2 Å². The summed E-state index contributed by atoms with van der Waals surface area (Å²) >= 11 is 0. The van der Waals surface area contributed by atoms with Gasteiger partial charge in [-0.2, -0.15) is 5.26 Å². The summed E-state index contributed by atoms with van der Waals surface area (Å²) in [5, 5.41) is 8.80. The molecule has 0 spiro atoms. The van der Waals surface area contributed by atoms with E-state index in [2.05, 4.69) is 6.07 Å². The Labute approximate surface area is 68.2 Å². The fourth-order valence-electron chi connectivity index (χ4n) is 1.76. The second-order valence-corrected chi connectivity index (χ2v) is 4.35. The van der Waals surface area contributed by atoms with Crippen LogP contribution in [0.4, 0.5) is 0 Å². The van der Waals surface area contributed by atoms with Crippen molar-refractivity contribution in [1.29, 1.82) is 5.26 Å². The standard InChI is InChI=1S/C9H15NO/c1-8(2)5-7(6-10)9(3,4)11-8/h7H,5H2,1-4H3/t7-/m1/s1. The summed E-state index contributed by atoms with van der Waals surface area (Å²) in [6.45, 7) is 8.03. The van der Waals surface area contributed by atoms with Crippen molar-refractivity contribution in [1.82, 2.24) is 0 Å². The molecule has 62 valence electrons. The van der Waals surface area contributed by atoms with Crippen LogP contribution in [-0.4, -0.2) is 11.2 Å². The van der Waals surface area contributed by atoms with E-state index in [-0.39, 0.29) is 17.1 Å². The summed E-state index contributed by atoms with van der Waals surface area (Å²) in [5.41, 5.74) is -0.387. The average Bonchev–Trinajstić information content (AvgIpc) is 1.99. The Bertz CT molecular complexity index is 200. The first-order valence-electron chi connectivity index (χ1n) is 3.97. The van der Waals surface area contributed by atoms with Crippen LogP contribution >= 0.6 is 0 Å². The predicted molar refractivity (Wildman–Crippen MR) is 43.0 cm³/mol. The Kier molecular flexibility index (Phi) is 1.72. The molecule has 0 amide bonds. The maximum atomic E-state index is 8.80. The van der Waals surface area contributed by atoms with Crippen LogP contribution in [0, 0.1) is 17.2 Å². The third kappa shape index (κ3) is 1.54. The van der Waals surface area contributed by atoms with Gasteiger partial charge < -0.3 is 4.74 Å². The highest BCUT2D eigenvalue weighted by atomic mass is 16.5. The molecule has 11 heavy (non-hydrogen) atoms. The lowest BCUT2D eigenvalue weighted by atomic mass is 9.89. The van der Waals surface area contributed by atoms with Gasteiger partial charge in [0.1, 0.15) is 0 Å². The molecule has 0 bridgehead atoms. The molecular weight excluding hydrogens is 138 g/mol. The van der Waals surface area contributed by atoms with Crippen molar-refractivity contribution in [3.05, 3.63) is 0 Å². The van der Waals surface area contributed by atoms with Crippen LogP contribution < -0.4 is 0 Å². The van der Waals surface area contributed by atoms with Crippen molar-refractivity contribution >= 4 is 0 Å². The molecule has 0 aromatic rings. The van der Waals surface area contributed by atoms with Gasteiger partial charge in [-0.05, 0) is 34.1 Å². The molecule has 1 aliphatic rings. The summed E-state index contributed by atoms with van der Waals surface area (Å²) in [6, 6.07) is 2.28. The monoisotopic (exact) mass is 153 g/mol. The Morgan fingerprint density at radius 1 is 1.36 bits per heavy atom. The van der Waals surface area contributed by atoms with Crippen molar-refractivity contribution in [3.8, 4) is 6.07 Å². The zero-order valence-corrected chi connectivity index (χ0v) is 7.64. The van der Waals surface area contributed by atoms with Gasteiger partial charge in [-0.15, -0.1) is 0 Å². The number of nitriles is 1. The SMILES string of the molecule is CC1(C)C[C@H](C#N)C(C)(C)O1. The molecule has 0 aromatic heterocycles. The zero-order chi connectivity index (χ0) is 8.70. The first kappa shape index (κ1) is 8.55. The first-order valence-corrected chi connectivity index (χ1v) is 3.97. The Balaban J connectivity index is 2.81. The summed E-state index contributed by atoms with van der Waals surface area (Å²) in [6.07, 6.45) is 0.844. The molecule has 1 saturated heterocycles. The number of hydrogen-bond donors (Lipinski definition) is 0. The molecule has 1 rings (SSSR count). The summed E-state index contributed by atoms with van der Waals surface area (Å²) in [4.78, 5) is 0. The molecule has 2 nitrogen and oxygen atoms in total. The van der Waals surface area contributed by atoms with Crippen molar-refractivity contribution in [3.63, 3.8) is 0 Å². The van der Waals surface area contributed by atoms with Crippen LogP contribution in [-0.2, 0) is 4.74 Å². The third-order valence-corrected chi connectivity index (χ3v) is 2.23. The van der Waals surface area contributed by atoms with E-state index >= 15 is 0 Å². The van der Waals surface area contributed by atoms with Gasteiger partial charge >= 0.3 is 0 Å². The lowest BCUT2D eigenvalue weighted by molar-refractivity contribution is -0.0700. The van der Waals surface area contributed by atoms with E-state index in [0.29, 0.717) is 0 Å². The average molecular weight is 153 g/mol. The minimum absolute atomic E-state index is 0.0394.